The maximum atomic E-state index is 12.9. The molecule has 0 fully saturated rings. The Morgan fingerprint density at radius 1 is 1.27 bits per heavy atom. The van der Waals surface area contributed by atoms with Crippen LogP contribution < -0.4 is 20.3 Å². The van der Waals surface area contributed by atoms with Crippen LogP contribution in [0.3, 0.4) is 0 Å². The molecule has 0 bridgehead atoms. The van der Waals surface area contributed by atoms with Crippen LogP contribution in [0.5, 0.6) is 5.75 Å². The zero-order valence-corrected chi connectivity index (χ0v) is 17.9. The molecule has 0 radical (unpaired) electrons. The highest BCUT2D eigenvalue weighted by atomic mass is 16.5. The highest BCUT2D eigenvalue weighted by molar-refractivity contribution is 5.98. The number of urea groups is 1. The van der Waals surface area contributed by atoms with E-state index in [1.807, 2.05) is 13.8 Å². The zero-order chi connectivity index (χ0) is 22.1. The maximum Gasteiger partial charge on any atom is 0.327 e. The standard InChI is InChI=1S/C21H31N5O4/c1-5-30-17-9-7-16(8-10-17)26(20(28)23-12-6-14-27)18-11-13-22-19(25-18)24-15(2)21(3,4)29/h7-11,13,15,27,29H,5-6,12,14H2,1-4H3,(H,23,28)(H,22,24,25)/t15-/m0/s1. The normalized spacial score (nSPS) is 12.2. The highest BCUT2D eigenvalue weighted by Crippen LogP contribution is 2.27. The maximum absolute atomic E-state index is 12.9. The number of ether oxygens (including phenoxy) is 1. The monoisotopic (exact) mass is 417 g/mol. The lowest BCUT2D eigenvalue weighted by Gasteiger charge is -2.27. The summed E-state index contributed by atoms with van der Waals surface area (Å²) >= 11 is 0. The van der Waals surface area contributed by atoms with Gasteiger partial charge in [0.15, 0.2) is 0 Å². The van der Waals surface area contributed by atoms with E-state index in [2.05, 4.69) is 20.6 Å². The van der Waals surface area contributed by atoms with Crippen molar-refractivity contribution in [3.63, 3.8) is 0 Å². The van der Waals surface area contributed by atoms with Gasteiger partial charge in [0.25, 0.3) is 0 Å². The van der Waals surface area contributed by atoms with Gasteiger partial charge in [0, 0.05) is 25.4 Å². The molecule has 0 spiro atoms. The van der Waals surface area contributed by atoms with Crippen molar-refractivity contribution in [1.29, 1.82) is 0 Å². The first-order valence-electron chi connectivity index (χ1n) is 10.00. The second kappa shape index (κ2) is 10.7. The van der Waals surface area contributed by atoms with Gasteiger partial charge in [-0.1, -0.05) is 0 Å². The summed E-state index contributed by atoms with van der Waals surface area (Å²) in [5.74, 6) is 1.35. The number of benzene rings is 1. The van der Waals surface area contributed by atoms with Crippen molar-refractivity contribution >= 4 is 23.5 Å². The minimum Gasteiger partial charge on any atom is -0.494 e. The fourth-order valence-corrected chi connectivity index (χ4v) is 2.48. The predicted octanol–water partition coefficient (Wildman–Crippen LogP) is 2.68. The van der Waals surface area contributed by atoms with Gasteiger partial charge in [-0.3, -0.25) is 0 Å². The van der Waals surface area contributed by atoms with Crippen molar-refractivity contribution in [2.24, 2.45) is 0 Å². The van der Waals surface area contributed by atoms with Gasteiger partial charge in [-0.05, 0) is 58.4 Å². The molecule has 1 aromatic heterocycles. The smallest absolute Gasteiger partial charge is 0.327 e. The zero-order valence-electron chi connectivity index (χ0n) is 17.9. The molecule has 9 nitrogen and oxygen atoms in total. The van der Waals surface area contributed by atoms with Gasteiger partial charge >= 0.3 is 6.03 Å². The second-order valence-corrected chi connectivity index (χ2v) is 7.33. The number of aliphatic hydroxyl groups is 2. The molecule has 4 N–H and O–H groups in total. The fourth-order valence-electron chi connectivity index (χ4n) is 2.48. The Morgan fingerprint density at radius 3 is 2.57 bits per heavy atom. The summed E-state index contributed by atoms with van der Waals surface area (Å²) in [6, 6.07) is 8.03. The topological polar surface area (TPSA) is 120 Å². The quantitative estimate of drug-likeness (QED) is 0.439. The first-order valence-corrected chi connectivity index (χ1v) is 10.00. The molecule has 0 aliphatic rings. The number of hydrogen-bond acceptors (Lipinski definition) is 7. The molecule has 30 heavy (non-hydrogen) atoms. The Labute approximate surface area is 177 Å². The molecule has 0 saturated carbocycles. The van der Waals surface area contributed by atoms with E-state index in [0.717, 1.165) is 0 Å². The molecule has 1 aromatic carbocycles. The van der Waals surface area contributed by atoms with E-state index in [1.54, 1.807) is 50.4 Å². The molecule has 2 amide bonds. The molecular weight excluding hydrogens is 386 g/mol. The number of carbonyl (C=O) groups excluding carboxylic acids is 1. The van der Waals surface area contributed by atoms with E-state index in [-0.39, 0.29) is 18.7 Å². The third-order valence-electron chi connectivity index (χ3n) is 4.50. The average molecular weight is 418 g/mol. The molecule has 1 atom stereocenters. The molecular formula is C21H31N5O4. The van der Waals surface area contributed by atoms with Crippen LogP contribution in [0.25, 0.3) is 0 Å². The van der Waals surface area contributed by atoms with E-state index in [9.17, 15) is 9.90 Å². The lowest BCUT2D eigenvalue weighted by Crippen LogP contribution is -2.40. The lowest BCUT2D eigenvalue weighted by molar-refractivity contribution is 0.0646. The van der Waals surface area contributed by atoms with Crippen LogP contribution in [-0.2, 0) is 0 Å². The van der Waals surface area contributed by atoms with Crippen LogP contribution >= 0.6 is 0 Å². The number of aliphatic hydroxyl groups excluding tert-OH is 1. The molecule has 2 aromatic rings. The number of carbonyl (C=O) groups is 1. The third-order valence-corrected chi connectivity index (χ3v) is 4.50. The minimum absolute atomic E-state index is 0.0141. The number of nitrogens with one attached hydrogen (secondary N) is 2. The van der Waals surface area contributed by atoms with Gasteiger partial charge in [-0.2, -0.15) is 4.98 Å². The van der Waals surface area contributed by atoms with Crippen molar-refractivity contribution in [3.8, 4) is 5.75 Å². The van der Waals surface area contributed by atoms with E-state index >= 15 is 0 Å². The SMILES string of the molecule is CCOc1ccc(N(C(=O)NCCCO)c2ccnc(N[C@@H](C)C(C)(C)O)n2)cc1. The van der Waals surface area contributed by atoms with Crippen molar-refractivity contribution in [1.82, 2.24) is 15.3 Å². The molecule has 9 heteroatoms. The Kier molecular flexibility index (Phi) is 8.37. The number of hydrogen-bond donors (Lipinski definition) is 4. The first kappa shape index (κ1) is 23.4. The van der Waals surface area contributed by atoms with E-state index < -0.39 is 5.60 Å². The number of rotatable bonds is 10. The summed E-state index contributed by atoms with van der Waals surface area (Å²) in [4.78, 5) is 23.0. The van der Waals surface area contributed by atoms with Crippen molar-refractivity contribution < 1.29 is 19.7 Å². The van der Waals surface area contributed by atoms with Gasteiger partial charge in [0.05, 0.1) is 23.9 Å². The first-order chi connectivity index (χ1) is 14.3. The Hall–Kier alpha value is -2.91. The van der Waals surface area contributed by atoms with E-state index in [4.69, 9.17) is 9.84 Å². The summed E-state index contributed by atoms with van der Waals surface area (Å²) in [5, 5.41) is 25.0. The Bertz CT molecular complexity index is 808. The Morgan fingerprint density at radius 2 is 1.97 bits per heavy atom. The van der Waals surface area contributed by atoms with Crippen LogP contribution in [0.4, 0.5) is 22.2 Å². The number of nitrogens with zero attached hydrogens (tertiary/aromatic N) is 3. The lowest BCUT2D eigenvalue weighted by atomic mass is 10.0. The summed E-state index contributed by atoms with van der Waals surface area (Å²) in [7, 11) is 0. The number of aromatic nitrogens is 2. The van der Waals surface area contributed by atoms with Crippen LogP contribution in [0.15, 0.2) is 36.5 Å². The largest absolute Gasteiger partial charge is 0.494 e. The molecule has 0 saturated heterocycles. The van der Waals surface area contributed by atoms with E-state index in [0.29, 0.717) is 42.8 Å². The summed E-state index contributed by atoms with van der Waals surface area (Å²) in [6.45, 7) is 7.96. The molecule has 0 aliphatic carbocycles. The molecule has 1 heterocycles. The Balaban J connectivity index is 2.34. The van der Waals surface area contributed by atoms with Gasteiger partial charge in [-0.15, -0.1) is 0 Å². The van der Waals surface area contributed by atoms with E-state index in [1.165, 1.54) is 4.90 Å². The minimum atomic E-state index is -0.976. The highest BCUT2D eigenvalue weighted by Gasteiger charge is 2.24. The molecule has 0 unspecified atom stereocenters. The molecule has 164 valence electrons. The summed E-state index contributed by atoms with van der Waals surface area (Å²) in [5.41, 5.74) is -0.379. The number of anilines is 3. The van der Waals surface area contributed by atoms with Crippen LogP contribution in [0.2, 0.25) is 0 Å². The van der Waals surface area contributed by atoms with Crippen LogP contribution in [0, 0.1) is 0 Å². The fraction of sp³-hybridized carbons (Fsp3) is 0.476. The van der Waals surface area contributed by atoms with Gasteiger partial charge in [0.2, 0.25) is 5.95 Å². The van der Waals surface area contributed by atoms with Crippen molar-refractivity contribution in [3.05, 3.63) is 36.5 Å². The average Bonchev–Trinajstić information content (AvgIpc) is 2.69. The van der Waals surface area contributed by atoms with Crippen LogP contribution in [0.1, 0.15) is 34.1 Å². The number of amides is 2. The summed E-state index contributed by atoms with van der Waals surface area (Å²) in [6.07, 6.45) is 1.99. The molecule has 0 aliphatic heterocycles. The van der Waals surface area contributed by atoms with Crippen molar-refractivity contribution in [2.75, 3.05) is 30.0 Å². The van der Waals surface area contributed by atoms with Gasteiger partial charge < -0.3 is 25.6 Å². The summed E-state index contributed by atoms with van der Waals surface area (Å²) < 4.78 is 5.47. The van der Waals surface area contributed by atoms with Crippen molar-refractivity contribution in [2.45, 2.75) is 45.8 Å². The van der Waals surface area contributed by atoms with Crippen LogP contribution in [-0.4, -0.2) is 57.6 Å². The second-order valence-electron chi connectivity index (χ2n) is 7.33. The van der Waals surface area contributed by atoms with Gasteiger partial charge in [-0.25, -0.2) is 14.7 Å². The van der Waals surface area contributed by atoms with Gasteiger partial charge in [0.1, 0.15) is 11.6 Å². The predicted molar refractivity (Wildman–Crippen MR) is 116 cm³/mol. The molecule has 2 rings (SSSR count). The third kappa shape index (κ3) is 6.57.